The number of carbonyl (C=O) groups excluding carboxylic acids is 3. The number of aromatic nitrogens is 3. The van der Waals surface area contributed by atoms with Crippen LogP contribution in [0.4, 0.5) is 39.3 Å². The number of likely N-dealkylation sites (N-methyl/N-ethyl adjacent to an activating group) is 1. The van der Waals surface area contributed by atoms with E-state index in [0.717, 1.165) is 39.5 Å². The number of nitrogens with zero attached hydrogens (tertiary/aromatic N) is 7. The molecule has 2 aromatic carbocycles. The predicted octanol–water partition coefficient (Wildman–Crippen LogP) is 5.94. The number of anilines is 6. The highest BCUT2D eigenvalue weighted by atomic mass is 16.2. The molecule has 2 aromatic heterocycles. The molecule has 0 radical (unpaired) electrons. The number of nitrogens with one attached hydrogen (secondary N) is 2. The van der Waals surface area contributed by atoms with E-state index < -0.39 is 6.04 Å². The van der Waals surface area contributed by atoms with Crippen LogP contribution in [0.5, 0.6) is 0 Å². The number of aliphatic imine (C=N–C) groups is 1. The van der Waals surface area contributed by atoms with Crippen molar-refractivity contribution in [3.8, 4) is 0 Å². The van der Waals surface area contributed by atoms with Gasteiger partial charge in [0, 0.05) is 48.5 Å². The van der Waals surface area contributed by atoms with Gasteiger partial charge in [0.1, 0.15) is 11.9 Å². The van der Waals surface area contributed by atoms with Gasteiger partial charge in [-0.15, -0.1) is 6.58 Å². The standard InChI is InChI=1S/C36H37N9O3/c1-6-7-11-28-27-10-8-9-12-30(27)43(4)34(47)29(41-28)18-32(46)39-25-15-13-22(2)31(17-25)45-21-24-19-38-35(42-33(24)44(5)36(45)48)40-26-16-14-23(3)37-20-26/h6,8-10,12-17,19-20,29H,1,7,11,18,21H2,2-5H3,(H,39,46)(H,38,40,42). The highest BCUT2D eigenvalue weighted by Gasteiger charge is 2.33. The topological polar surface area (TPSA) is 136 Å². The number of carbonyl (C=O) groups is 3. The Hall–Kier alpha value is -5.91. The fourth-order valence-electron chi connectivity index (χ4n) is 5.83. The first kappa shape index (κ1) is 32.0. The number of hydrogen-bond acceptors (Lipinski definition) is 8. The molecule has 4 aromatic rings. The zero-order chi connectivity index (χ0) is 33.9. The van der Waals surface area contributed by atoms with Crippen LogP contribution in [0.2, 0.25) is 0 Å². The maximum Gasteiger partial charge on any atom is 0.330 e. The number of allylic oxidation sites excluding steroid dienone is 1. The maximum absolute atomic E-state index is 13.7. The van der Waals surface area contributed by atoms with Crippen molar-refractivity contribution in [1.29, 1.82) is 0 Å². The highest BCUT2D eigenvalue weighted by Crippen LogP contribution is 2.34. The number of para-hydroxylation sites is 1. The second kappa shape index (κ2) is 13.4. The highest BCUT2D eigenvalue weighted by molar-refractivity contribution is 6.13. The van der Waals surface area contributed by atoms with E-state index in [1.165, 1.54) is 4.90 Å². The van der Waals surface area contributed by atoms with Crippen molar-refractivity contribution in [2.75, 3.05) is 39.4 Å². The van der Waals surface area contributed by atoms with Gasteiger partial charge >= 0.3 is 6.03 Å². The van der Waals surface area contributed by atoms with Crippen LogP contribution in [0.25, 0.3) is 0 Å². The van der Waals surface area contributed by atoms with Crippen molar-refractivity contribution >= 4 is 58.1 Å². The van der Waals surface area contributed by atoms with Gasteiger partial charge in [0.05, 0.1) is 36.2 Å². The molecule has 1 atom stereocenters. The molecule has 244 valence electrons. The number of rotatable bonds is 9. The molecule has 2 aliphatic heterocycles. The molecule has 48 heavy (non-hydrogen) atoms. The van der Waals surface area contributed by atoms with E-state index in [4.69, 9.17) is 4.99 Å². The van der Waals surface area contributed by atoms with Gasteiger partial charge in [-0.1, -0.05) is 30.3 Å². The number of benzene rings is 2. The van der Waals surface area contributed by atoms with Crippen molar-refractivity contribution in [3.05, 3.63) is 102 Å². The van der Waals surface area contributed by atoms with Gasteiger partial charge in [0.2, 0.25) is 11.9 Å². The number of fused-ring (bicyclic) bond motifs is 2. The molecule has 4 heterocycles. The number of aryl methyl sites for hydroxylation is 2. The molecule has 2 aliphatic rings. The quantitative estimate of drug-likeness (QED) is 0.216. The summed E-state index contributed by atoms with van der Waals surface area (Å²) >= 11 is 0. The fraction of sp³-hybridized carbons (Fsp3) is 0.250. The second-order valence-electron chi connectivity index (χ2n) is 11.9. The second-order valence-corrected chi connectivity index (χ2v) is 11.9. The van der Waals surface area contributed by atoms with Crippen molar-refractivity contribution in [2.45, 2.75) is 45.7 Å². The zero-order valence-electron chi connectivity index (χ0n) is 27.4. The molecule has 0 spiro atoms. The Balaban J connectivity index is 1.19. The molecule has 12 nitrogen and oxygen atoms in total. The van der Waals surface area contributed by atoms with Crippen LogP contribution in [0.15, 0.2) is 84.6 Å². The summed E-state index contributed by atoms with van der Waals surface area (Å²) in [5, 5.41) is 6.06. The molecule has 0 bridgehead atoms. The summed E-state index contributed by atoms with van der Waals surface area (Å²) in [5.41, 5.74) is 6.78. The Morgan fingerprint density at radius 3 is 2.54 bits per heavy atom. The minimum absolute atomic E-state index is 0.136. The summed E-state index contributed by atoms with van der Waals surface area (Å²) in [6.07, 6.45) is 6.38. The summed E-state index contributed by atoms with van der Waals surface area (Å²) < 4.78 is 0. The number of urea groups is 1. The number of hydrogen-bond donors (Lipinski definition) is 2. The SMILES string of the molecule is C=CCCC1=NC(CC(=O)Nc2ccc(C)c(N3Cc4cnc(Nc5ccc(C)nc5)nc4N(C)C3=O)c2)C(=O)N(C)c2ccccc21. The van der Waals surface area contributed by atoms with Gasteiger partial charge in [0.15, 0.2) is 0 Å². The van der Waals surface area contributed by atoms with Crippen LogP contribution in [0, 0.1) is 13.8 Å². The molecule has 1 unspecified atom stereocenters. The van der Waals surface area contributed by atoms with Crippen LogP contribution in [0.1, 0.15) is 41.6 Å². The smallest absolute Gasteiger partial charge is 0.326 e. The summed E-state index contributed by atoms with van der Waals surface area (Å²) in [6.45, 7) is 7.88. The first-order chi connectivity index (χ1) is 23.1. The molecule has 12 heteroatoms. The lowest BCUT2D eigenvalue weighted by atomic mass is 10.0. The van der Waals surface area contributed by atoms with Gasteiger partial charge in [-0.2, -0.15) is 4.98 Å². The van der Waals surface area contributed by atoms with Crippen molar-refractivity contribution in [3.63, 3.8) is 0 Å². The number of amides is 4. The fourth-order valence-corrected chi connectivity index (χ4v) is 5.83. The normalized spacial score (nSPS) is 15.7. The number of benzodiazepines with no additional fused rings is 1. The van der Waals surface area contributed by atoms with Crippen LogP contribution in [-0.4, -0.2) is 58.6 Å². The van der Waals surface area contributed by atoms with Gasteiger partial charge in [-0.3, -0.25) is 29.4 Å². The third-order valence-electron chi connectivity index (χ3n) is 8.42. The van der Waals surface area contributed by atoms with Crippen molar-refractivity contribution in [1.82, 2.24) is 15.0 Å². The third-order valence-corrected chi connectivity index (χ3v) is 8.42. The van der Waals surface area contributed by atoms with E-state index in [1.54, 1.807) is 48.4 Å². The van der Waals surface area contributed by atoms with Gasteiger partial charge in [0.25, 0.3) is 5.91 Å². The minimum Gasteiger partial charge on any atom is -0.326 e. The first-order valence-corrected chi connectivity index (χ1v) is 15.7. The molecule has 0 saturated heterocycles. The van der Waals surface area contributed by atoms with E-state index in [-0.39, 0.29) is 30.8 Å². The molecular formula is C36H37N9O3. The van der Waals surface area contributed by atoms with Gasteiger partial charge < -0.3 is 15.5 Å². The lowest BCUT2D eigenvalue weighted by Crippen LogP contribution is -2.46. The molecule has 0 fully saturated rings. The summed E-state index contributed by atoms with van der Waals surface area (Å²) in [6, 6.07) is 15.6. The Morgan fingerprint density at radius 1 is 0.979 bits per heavy atom. The van der Waals surface area contributed by atoms with Crippen molar-refractivity contribution in [2.24, 2.45) is 4.99 Å². The van der Waals surface area contributed by atoms with Crippen LogP contribution < -0.4 is 25.3 Å². The lowest BCUT2D eigenvalue weighted by molar-refractivity contribution is -0.123. The summed E-state index contributed by atoms with van der Waals surface area (Å²) in [7, 11) is 3.38. The minimum atomic E-state index is -0.886. The zero-order valence-corrected chi connectivity index (χ0v) is 27.4. The Morgan fingerprint density at radius 2 is 1.77 bits per heavy atom. The monoisotopic (exact) mass is 643 g/mol. The van der Waals surface area contributed by atoms with Crippen LogP contribution >= 0.6 is 0 Å². The third kappa shape index (κ3) is 6.50. The molecule has 0 saturated carbocycles. The lowest BCUT2D eigenvalue weighted by Gasteiger charge is -2.35. The van der Waals surface area contributed by atoms with Crippen molar-refractivity contribution < 1.29 is 14.4 Å². The molecule has 0 aliphatic carbocycles. The van der Waals surface area contributed by atoms with E-state index in [1.807, 2.05) is 62.4 Å². The van der Waals surface area contributed by atoms with E-state index >= 15 is 0 Å². The average Bonchev–Trinajstić information content (AvgIpc) is 3.18. The largest absolute Gasteiger partial charge is 0.330 e. The molecular weight excluding hydrogens is 606 g/mol. The van der Waals surface area contributed by atoms with E-state index in [0.29, 0.717) is 36.0 Å². The van der Waals surface area contributed by atoms with E-state index in [2.05, 4.69) is 32.2 Å². The van der Waals surface area contributed by atoms with Crippen LogP contribution in [-0.2, 0) is 16.1 Å². The number of pyridine rings is 1. The summed E-state index contributed by atoms with van der Waals surface area (Å²) in [5.74, 6) is 0.239. The van der Waals surface area contributed by atoms with Gasteiger partial charge in [-0.25, -0.2) is 9.78 Å². The maximum atomic E-state index is 13.7. The average molecular weight is 644 g/mol. The predicted molar refractivity (Wildman–Crippen MR) is 188 cm³/mol. The molecule has 2 N–H and O–H groups in total. The Labute approximate surface area is 279 Å². The Kier molecular flexibility index (Phi) is 8.98. The summed E-state index contributed by atoms with van der Waals surface area (Å²) in [4.78, 5) is 63.3. The van der Waals surface area contributed by atoms with Crippen LogP contribution in [0.3, 0.4) is 0 Å². The van der Waals surface area contributed by atoms with Gasteiger partial charge in [-0.05, 0) is 62.6 Å². The Bertz CT molecular complexity index is 1940. The molecule has 6 rings (SSSR count). The first-order valence-electron chi connectivity index (χ1n) is 15.7. The van der Waals surface area contributed by atoms with E-state index in [9.17, 15) is 14.4 Å². The molecule has 4 amide bonds.